The molecule has 0 spiro atoms. The summed E-state index contributed by atoms with van der Waals surface area (Å²) in [6, 6.07) is 23.9. The van der Waals surface area contributed by atoms with Crippen LogP contribution in [0.5, 0.6) is 11.5 Å². The zero-order valence-corrected chi connectivity index (χ0v) is 17.7. The Balaban J connectivity index is 1.29. The van der Waals surface area contributed by atoms with Crippen LogP contribution in [0.4, 0.5) is 5.69 Å². The van der Waals surface area contributed by atoms with Gasteiger partial charge in [-0.2, -0.15) is 0 Å². The summed E-state index contributed by atoms with van der Waals surface area (Å²) < 4.78 is 5.77. The summed E-state index contributed by atoms with van der Waals surface area (Å²) >= 11 is 6.14. The standard InChI is InChI=1S/C25H23ClN2O3/c26-23-9-5-4-8-22(23)25(30)28-16-14-18(15-17-28)24(29)27-19-10-12-21(13-11-19)31-20-6-2-1-3-7-20/h1-13,18H,14-17H2,(H,27,29). The number of piperidine rings is 1. The second kappa shape index (κ2) is 9.67. The number of halogens is 1. The second-order valence-electron chi connectivity index (χ2n) is 7.48. The van der Waals surface area contributed by atoms with E-state index in [9.17, 15) is 9.59 Å². The second-order valence-corrected chi connectivity index (χ2v) is 7.88. The van der Waals surface area contributed by atoms with Crippen LogP contribution in [0.15, 0.2) is 78.9 Å². The molecule has 1 aliphatic heterocycles. The van der Waals surface area contributed by atoms with Crippen molar-refractivity contribution in [3.63, 3.8) is 0 Å². The Labute approximate surface area is 186 Å². The van der Waals surface area contributed by atoms with Gasteiger partial charge in [0, 0.05) is 24.7 Å². The first kappa shape index (κ1) is 20.9. The van der Waals surface area contributed by atoms with E-state index in [4.69, 9.17) is 16.3 Å². The van der Waals surface area contributed by atoms with Gasteiger partial charge in [-0.15, -0.1) is 0 Å². The average molecular weight is 435 g/mol. The first-order valence-corrected chi connectivity index (χ1v) is 10.7. The highest BCUT2D eigenvalue weighted by atomic mass is 35.5. The predicted octanol–water partition coefficient (Wildman–Crippen LogP) is 5.62. The van der Waals surface area contributed by atoms with Gasteiger partial charge in [-0.1, -0.05) is 41.9 Å². The molecule has 0 radical (unpaired) electrons. The predicted molar refractivity (Wildman–Crippen MR) is 122 cm³/mol. The Bertz CT molecular complexity index is 1050. The van der Waals surface area contributed by atoms with Gasteiger partial charge in [0.15, 0.2) is 0 Å². The van der Waals surface area contributed by atoms with Gasteiger partial charge in [0.1, 0.15) is 11.5 Å². The Hall–Kier alpha value is -3.31. The van der Waals surface area contributed by atoms with Crippen molar-refractivity contribution >= 4 is 29.1 Å². The van der Waals surface area contributed by atoms with E-state index in [1.165, 1.54) is 0 Å². The van der Waals surface area contributed by atoms with Gasteiger partial charge < -0.3 is 15.0 Å². The van der Waals surface area contributed by atoms with Gasteiger partial charge in [0.25, 0.3) is 5.91 Å². The minimum Gasteiger partial charge on any atom is -0.457 e. The third-order valence-corrected chi connectivity index (χ3v) is 5.69. The van der Waals surface area contributed by atoms with E-state index in [2.05, 4.69) is 5.32 Å². The van der Waals surface area contributed by atoms with E-state index in [0.717, 1.165) is 11.4 Å². The van der Waals surface area contributed by atoms with Crippen LogP contribution in [0.2, 0.25) is 5.02 Å². The van der Waals surface area contributed by atoms with Gasteiger partial charge in [0.05, 0.1) is 10.6 Å². The summed E-state index contributed by atoms with van der Waals surface area (Å²) in [5.41, 5.74) is 1.23. The number of carbonyl (C=O) groups excluding carboxylic acids is 2. The van der Waals surface area contributed by atoms with Crippen molar-refractivity contribution in [2.24, 2.45) is 5.92 Å². The van der Waals surface area contributed by atoms with Crippen LogP contribution in [0.25, 0.3) is 0 Å². The maximum Gasteiger partial charge on any atom is 0.255 e. The van der Waals surface area contributed by atoms with E-state index < -0.39 is 0 Å². The van der Waals surface area contributed by atoms with Gasteiger partial charge in [0.2, 0.25) is 5.91 Å². The first-order chi connectivity index (χ1) is 15.1. The lowest BCUT2D eigenvalue weighted by atomic mass is 9.95. The number of ether oxygens (including phenoxy) is 1. The lowest BCUT2D eigenvalue weighted by Crippen LogP contribution is -2.41. The third-order valence-electron chi connectivity index (χ3n) is 5.36. The zero-order chi connectivity index (χ0) is 21.6. The Morgan fingerprint density at radius 2 is 1.45 bits per heavy atom. The summed E-state index contributed by atoms with van der Waals surface area (Å²) in [6.07, 6.45) is 1.24. The number of hydrogen-bond acceptors (Lipinski definition) is 3. The van der Waals surface area contributed by atoms with Crippen molar-refractivity contribution in [2.45, 2.75) is 12.8 Å². The molecule has 2 amide bonds. The summed E-state index contributed by atoms with van der Waals surface area (Å²) in [5.74, 6) is 1.23. The molecule has 0 aliphatic carbocycles. The number of nitrogens with zero attached hydrogens (tertiary/aromatic N) is 1. The number of likely N-dealkylation sites (tertiary alicyclic amines) is 1. The molecule has 158 valence electrons. The van der Waals surface area contributed by atoms with E-state index in [1.54, 1.807) is 29.2 Å². The van der Waals surface area contributed by atoms with Crippen LogP contribution in [0.1, 0.15) is 23.2 Å². The Morgan fingerprint density at radius 3 is 2.13 bits per heavy atom. The number of carbonyl (C=O) groups is 2. The van der Waals surface area contributed by atoms with Gasteiger partial charge in [-0.05, 0) is 61.4 Å². The number of nitrogens with one attached hydrogen (secondary N) is 1. The van der Waals surface area contributed by atoms with Gasteiger partial charge >= 0.3 is 0 Å². The van der Waals surface area contributed by atoms with Crippen molar-refractivity contribution < 1.29 is 14.3 Å². The molecule has 31 heavy (non-hydrogen) atoms. The van der Waals surface area contributed by atoms with Crippen LogP contribution in [-0.2, 0) is 4.79 Å². The number of benzene rings is 3. The molecule has 0 aromatic heterocycles. The van der Waals surface area contributed by atoms with Crippen LogP contribution in [0.3, 0.4) is 0 Å². The molecule has 0 bridgehead atoms. The fraction of sp³-hybridized carbons (Fsp3) is 0.200. The molecule has 1 N–H and O–H groups in total. The molecule has 1 fully saturated rings. The third kappa shape index (κ3) is 5.25. The fourth-order valence-corrected chi connectivity index (χ4v) is 3.84. The van der Waals surface area contributed by atoms with E-state index in [1.807, 2.05) is 54.6 Å². The normalized spacial score (nSPS) is 14.2. The summed E-state index contributed by atoms with van der Waals surface area (Å²) in [7, 11) is 0. The van der Waals surface area contributed by atoms with E-state index in [-0.39, 0.29) is 17.7 Å². The molecular weight excluding hydrogens is 412 g/mol. The lowest BCUT2D eigenvalue weighted by molar-refractivity contribution is -0.121. The quantitative estimate of drug-likeness (QED) is 0.566. The molecule has 0 saturated carbocycles. The highest BCUT2D eigenvalue weighted by Crippen LogP contribution is 2.25. The molecule has 6 heteroatoms. The van der Waals surface area contributed by atoms with Crippen molar-refractivity contribution in [3.8, 4) is 11.5 Å². The Kier molecular flexibility index (Phi) is 6.53. The van der Waals surface area contributed by atoms with Gasteiger partial charge in [-0.25, -0.2) is 0 Å². The molecule has 3 aromatic rings. The van der Waals surface area contributed by atoms with Crippen molar-refractivity contribution in [3.05, 3.63) is 89.4 Å². The molecule has 5 nitrogen and oxygen atoms in total. The van der Waals surface area contributed by atoms with Crippen molar-refractivity contribution in [1.82, 2.24) is 4.90 Å². The smallest absolute Gasteiger partial charge is 0.255 e. The molecule has 0 unspecified atom stereocenters. The highest BCUT2D eigenvalue weighted by molar-refractivity contribution is 6.33. The number of rotatable bonds is 5. The lowest BCUT2D eigenvalue weighted by Gasteiger charge is -2.31. The van der Waals surface area contributed by atoms with Crippen molar-refractivity contribution in [2.75, 3.05) is 18.4 Å². The molecule has 0 atom stereocenters. The maximum atomic E-state index is 12.7. The summed E-state index contributed by atoms with van der Waals surface area (Å²) in [4.78, 5) is 27.1. The van der Waals surface area contributed by atoms with E-state index >= 15 is 0 Å². The Morgan fingerprint density at radius 1 is 0.839 bits per heavy atom. The number of hydrogen-bond donors (Lipinski definition) is 1. The van der Waals surface area contributed by atoms with Crippen LogP contribution in [0, 0.1) is 5.92 Å². The molecule has 4 rings (SSSR count). The van der Waals surface area contributed by atoms with Gasteiger partial charge in [-0.3, -0.25) is 9.59 Å². The monoisotopic (exact) mass is 434 g/mol. The average Bonchev–Trinajstić information content (AvgIpc) is 2.81. The SMILES string of the molecule is O=C(Nc1ccc(Oc2ccccc2)cc1)C1CCN(C(=O)c2ccccc2Cl)CC1. The highest BCUT2D eigenvalue weighted by Gasteiger charge is 2.28. The van der Waals surface area contributed by atoms with E-state index in [0.29, 0.717) is 42.3 Å². The van der Waals surface area contributed by atoms with Crippen LogP contribution < -0.4 is 10.1 Å². The molecular formula is C25H23ClN2O3. The molecule has 3 aromatic carbocycles. The van der Waals surface area contributed by atoms with Crippen molar-refractivity contribution in [1.29, 1.82) is 0 Å². The minimum atomic E-state index is -0.129. The summed E-state index contributed by atoms with van der Waals surface area (Å²) in [5, 5.41) is 3.42. The summed E-state index contributed by atoms with van der Waals surface area (Å²) in [6.45, 7) is 1.07. The first-order valence-electron chi connectivity index (χ1n) is 10.3. The fourth-order valence-electron chi connectivity index (χ4n) is 3.63. The number of para-hydroxylation sites is 1. The molecule has 1 saturated heterocycles. The topological polar surface area (TPSA) is 58.6 Å². The van der Waals surface area contributed by atoms with Crippen LogP contribution in [-0.4, -0.2) is 29.8 Å². The zero-order valence-electron chi connectivity index (χ0n) is 17.0. The number of anilines is 1. The maximum absolute atomic E-state index is 12.7. The largest absolute Gasteiger partial charge is 0.457 e. The number of amides is 2. The van der Waals surface area contributed by atoms with Crippen LogP contribution >= 0.6 is 11.6 Å². The molecule has 1 heterocycles. The molecule has 1 aliphatic rings. The minimum absolute atomic E-state index is 0.0263.